The molecule has 4 aliphatic rings. The number of para-hydroxylation sites is 1. The van der Waals surface area contributed by atoms with Crippen LogP contribution in [0.2, 0.25) is 0 Å². The summed E-state index contributed by atoms with van der Waals surface area (Å²) >= 11 is 0. The first-order valence-corrected chi connectivity index (χ1v) is 10.4. The first kappa shape index (κ1) is 17.9. The van der Waals surface area contributed by atoms with E-state index in [4.69, 9.17) is 4.74 Å². The molecule has 28 heavy (non-hydrogen) atoms. The van der Waals surface area contributed by atoms with E-state index in [-0.39, 0.29) is 17.2 Å². The van der Waals surface area contributed by atoms with E-state index in [2.05, 4.69) is 4.98 Å². The van der Waals surface area contributed by atoms with Crippen LogP contribution in [0, 0.1) is 17.3 Å². The second-order valence-electron chi connectivity index (χ2n) is 9.61. The Morgan fingerprint density at radius 1 is 1.21 bits per heavy atom. The fourth-order valence-electron chi connectivity index (χ4n) is 6.70. The Hall–Kier alpha value is -2.14. The van der Waals surface area contributed by atoms with Crippen LogP contribution in [0.1, 0.15) is 62.2 Å². The van der Waals surface area contributed by atoms with Crippen molar-refractivity contribution in [3.8, 4) is 0 Å². The number of nitrogens with one attached hydrogen (secondary N) is 1. The molecule has 4 aliphatic carbocycles. The molecule has 5 nitrogen and oxygen atoms in total. The number of ketones is 1. The van der Waals surface area contributed by atoms with Crippen molar-refractivity contribution < 1.29 is 19.4 Å². The molecule has 148 valence electrons. The van der Waals surface area contributed by atoms with E-state index in [0.717, 1.165) is 36.6 Å². The molecule has 6 rings (SSSR count). The lowest BCUT2D eigenvalue weighted by molar-refractivity contribution is -0.178. The molecule has 0 amide bonds. The van der Waals surface area contributed by atoms with Gasteiger partial charge in [-0.3, -0.25) is 9.59 Å². The number of carbonyl (C=O) groups excluding carboxylic acids is 2. The number of fused-ring (bicyclic) bond motifs is 1. The van der Waals surface area contributed by atoms with Crippen molar-refractivity contribution in [1.82, 2.24) is 4.98 Å². The number of esters is 1. The predicted octanol–water partition coefficient (Wildman–Crippen LogP) is 4.00. The highest BCUT2D eigenvalue weighted by Gasteiger charge is 2.57. The number of hydrogen-bond acceptors (Lipinski definition) is 4. The van der Waals surface area contributed by atoms with Gasteiger partial charge in [-0.05, 0) is 68.8 Å². The molecule has 0 aliphatic heterocycles. The summed E-state index contributed by atoms with van der Waals surface area (Å²) in [5.41, 5.74) is 0.723. The lowest BCUT2D eigenvalue weighted by Gasteiger charge is -2.60. The van der Waals surface area contributed by atoms with Gasteiger partial charge >= 0.3 is 5.97 Å². The monoisotopic (exact) mass is 381 g/mol. The number of ether oxygens (including phenoxy) is 1. The normalized spacial score (nSPS) is 34.5. The van der Waals surface area contributed by atoms with Crippen molar-refractivity contribution in [2.24, 2.45) is 17.3 Å². The van der Waals surface area contributed by atoms with Gasteiger partial charge in [0.2, 0.25) is 5.78 Å². The third-order valence-corrected chi connectivity index (χ3v) is 7.20. The first-order chi connectivity index (χ1) is 13.3. The van der Waals surface area contributed by atoms with Crippen LogP contribution in [-0.2, 0) is 9.53 Å². The predicted molar refractivity (Wildman–Crippen MR) is 105 cm³/mol. The summed E-state index contributed by atoms with van der Waals surface area (Å²) in [7, 11) is 0. The van der Waals surface area contributed by atoms with Gasteiger partial charge in [0.05, 0.1) is 12.0 Å². The van der Waals surface area contributed by atoms with Gasteiger partial charge in [-0.2, -0.15) is 0 Å². The first-order valence-electron chi connectivity index (χ1n) is 10.4. The van der Waals surface area contributed by atoms with E-state index in [9.17, 15) is 14.7 Å². The third-order valence-electron chi connectivity index (χ3n) is 7.20. The lowest BCUT2D eigenvalue weighted by Crippen LogP contribution is -2.56. The molecular weight excluding hydrogens is 354 g/mol. The van der Waals surface area contributed by atoms with Crippen LogP contribution in [0.15, 0.2) is 30.5 Å². The second-order valence-corrected chi connectivity index (χ2v) is 9.61. The van der Waals surface area contributed by atoms with Crippen LogP contribution >= 0.6 is 0 Å². The quantitative estimate of drug-likeness (QED) is 0.606. The fourth-order valence-corrected chi connectivity index (χ4v) is 6.70. The van der Waals surface area contributed by atoms with Gasteiger partial charge in [-0.25, -0.2) is 0 Å². The van der Waals surface area contributed by atoms with Crippen molar-refractivity contribution in [3.63, 3.8) is 0 Å². The van der Waals surface area contributed by atoms with Crippen LogP contribution < -0.4 is 0 Å². The summed E-state index contributed by atoms with van der Waals surface area (Å²) in [5.74, 6) is 0.565. The number of rotatable bonds is 5. The standard InChI is InChI=1S/C23H27NO4/c1-14(21(26)18-12-24-19-5-3-2-4-17(18)19)28-20(25)11-22-7-15-6-16(8-22)10-23(27,9-15)13-22/h2-5,12,14-16,24,27H,6-11,13H2,1H3/t14-,15-,16+,22?,23?/m0/s1. The van der Waals surface area contributed by atoms with Gasteiger partial charge in [0, 0.05) is 22.7 Å². The van der Waals surface area contributed by atoms with Gasteiger partial charge in [0.15, 0.2) is 6.10 Å². The molecule has 5 heteroatoms. The minimum absolute atomic E-state index is 0.139. The lowest BCUT2D eigenvalue weighted by atomic mass is 9.47. The number of carbonyl (C=O) groups is 2. The van der Waals surface area contributed by atoms with Crippen LogP contribution in [-0.4, -0.2) is 33.5 Å². The maximum atomic E-state index is 12.8. The van der Waals surface area contributed by atoms with Crippen molar-refractivity contribution in [3.05, 3.63) is 36.0 Å². The molecule has 4 bridgehead atoms. The molecule has 1 aromatic heterocycles. The number of aliphatic hydroxyl groups is 1. The van der Waals surface area contributed by atoms with Crippen LogP contribution in [0.25, 0.3) is 10.9 Å². The Bertz CT molecular complexity index is 931. The summed E-state index contributed by atoms with van der Waals surface area (Å²) in [6, 6.07) is 7.61. The molecule has 0 saturated heterocycles. The van der Waals surface area contributed by atoms with Crippen molar-refractivity contribution >= 4 is 22.7 Å². The van der Waals surface area contributed by atoms with Gasteiger partial charge in [-0.15, -0.1) is 0 Å². The Labute approximate surface area is 164 Å². The molecule has 4 saturated carbocycles. The van der Waals surface area contributed by atoms with Crippen LogP contribution in [0.3, 0.4) is 0 Å². The molecule has 0 spiro atoms. The third kappa shape index (κ3) is 2.96. The Balaban J connectivity index is 1.27. The number of aromatic nitrogens is 1. The van der Waals surface area contributed by atoms with Crippen molar-refractivity contribution in [1.29, 1.82) is 0 Å². The maximum absolute atomic E-state index is 12.8. The van der Waals surface area contributed by atoms with Crippen LogP contribution in [0.5, 0.6) is 0 Å². The van der Waals surface area contributed by atoms with Gasteiger partial charge in [-0.1, -0.05) is 18.2 Å². The number of H-pyrrole nitrogens is 1. The highest BCUT2D eigenvalue weighted by molar-refractivity contribution is 6.10. The highest BCUT2D eigenvalue weighted by Crippen LogP contribution is 2.62. The van der Waals surface area contributed by atoms with E-state index in [1.54, 1.807) is 13.1 Å². The molecule has 2 unspecified atom stereocenters. The number of Topliss-reactive ketones (excluding diaryl/α,β-unsaturated/α-hetero) is 1. The molecule has 1 heterocycles. The summed E-state index contributed by atoms with van der Waals surface area (Å²) in [6.07, 6.45) is 6.85. The summed E-state index contributed by atoms with van der Waals surface area (Å²) in [5, 5.41) is 11.7. The average Bonchev–Trinajstić information content (AvgIpc) is 3.02. The molecule has 2 N–H and O–H groups in total. The topological polar surface area (TPSA) is 79.4 Å². The molecule has 2 aromatic rings. The molecule has 1 aromatic carbocycles. The van der Waals surface area contributed by atoms with E-state index < -0.39 is 11.7 Å². The largest absolute Gasteiger partial charge is 0.454 e. The summed E-state index contributed by atoms with van der Waals surface area (Å²) in [6.45, 7) is 1.65. The van der Waals surface area contributed by atoms with Crippen molar-refractivity contribution in [2.75, 3.05) is 0 Å². The molecular formula is C23H27NO4. The molecule has 5 atom stereocenters. The zero-order chi connectivity index (χ0) is 19.5. The zero-order valence-corrected chi connectivity index (χ0v) is 16.2. The molecule has 0 radical (unpaired) electrons. The Morgan fingerprint density at radius 3 is 2.64 bits per heavy atom. The molecule has 4 fully saturated rings. The van der Waals surface area contributed by atoms with E-state index in [1.165, 1.54) is 6.42 Å². The van der Waals surface area contributed by atoms with E-state index >= 15 is 0 Å². The number of benzene rings is 1. The van der Waals surface area contributed by atoms with Gasteiger partial charge < -0.3 is 14.8 Å². The maximum Gasteiger partial charge on any atom is 0.307 e. The Morgan fingerprint density at radius 2 is 1.93 bits per heavy atom. The minimum atomic E-state index is -0.816. The summed E-state index contributed by atoms with van der Waals surface area (Å²) in [4.78, 5) is 28.6. The van der Waals surface area contributed by atoms with E-state index in [1.807, 2.05) is 24.3 Å². The smallest absolute Gasteiger partial charge is 0.307 e. The fraction of sp³-hybridized carbons (Fsp3) is 0.565. The SMILES string of the molecule is C[C@H](OC(=O)CC12C[C@@H]3C[C@@H](CC(O)(C3)C1)C2)C(=O)c1c[nH]c2ccccc12. The highest BCUT2D eigenvalue weighted by atomic mass is 16.5. The second kappa shape index (κ2) is 6.18. The average molecular weight is 381 g/mol. The minimum Gasteiger partial charge on any atom is -0.454 e. The van der Waals surface area contributed by atoms with Crippen LogP contribution in [0.4, 0.5) is 0 Å². The van der Waals surface area contributed by atoms with E-state index in [0.29, 0.717) is 30.2 Å². The van der Waals surface area contributed by atoms with Gasteiger partial charge in [0.1, 0.15) is 0 Å². The van der Waals surface area contributed by atoms with Crippen molar-refractivity contribution in [2.45, 2.75) is 63.6 Å². The number of hydrogen-bond donors (Lipinski definition) is 2. The summed E-state index contributed by atoms with van der Waals surface area (Å²) < 4.78 is 5.57. The number of aromatic amines is 1. The zero-order valence-electron chi connectivity index (χ0n) is 16.2. The van der Waals surface area contributed by atoms with Gasteiger partial charge in [0.25, 0.3) is 0 Å². The Kier molecular flexibility index (Phi) is 3.96.